The highest BCUT2D eigenvalue weighted by molar-refractivity contribution is 5.43. The van der Waals surface area contributed by atoms with Crippen LogP contribution in [0.3, 0.4) is 0 Å². The van der Waals surface area contributed by atoms with Crippen molar-refractivity contribution in [3.05, 3.63) is 39.6 Å². The van der Waals surface area contributed by atoms with Crippen molar-refractivity contribution in [1.29, 1.82) is 0 Å². The minimum Gasteiger partial charge on any atom is -0.368 e. The average molecular weight is 328 g/mol. The molecule has 2 aliphatic rings. The zero-order valence-electron chi connectivity index (χ0n) is 14.2. The summed E-state index contributed by atoms with van der Waals surface area (Å²) in [7, 11) is 1.68. The van der Waals surface area contributed by atoms with Crippen LogP contribution in [0.4, 0.5) is 5.69 Å². The van der Waals surface area contributed by atoms with E-state index in [4.69, 9.17) is 0 Å². The van der Waals surface area contributed by atoms with Crippen LogP contribution in [0.15, 0.2) is 17.1 Å². The predicted molar refractivity (Wildman–Crippen MR) is 92.2 cm³/mol. The quantitative estimate of drug-likeness (QED) is 0.898. The largest absolute Gasteiger partial charge is 0.368 e. The number of hydrogen-bond donors (Lipinski definition) is 1. The summed E-state index contributed by atoms with van der Waals surface area (Å²) in [6.07, 6.45) is 6.65. The number of piperazine rings is 1. The summed E-state index contributed by atoms with van der Waals surface area (Å²) in [5.74, 6) is 0. The van der Waals surface area contributed by atoms with Gasteiger partial charge in [0.05, 0.1) is 17.6 Å². The number of nitrogens with one attached hydrogen (secondary N) is 1. The molecular weight excluding hydrogens is 304 g/mol. The van der Waals surface area contributed by atoms with E-state index in [0.717, 1.165) is 44.8 Å². The van der Waals surface area contributed by atoms with Gasteiger partial charge in [0.1, 0.15) is 0 Å². The number of rotatable bonds is 3. The van der Waals surface area contributed by atoms with E-state index in [1.807, 2.05) is 0 Å². The Morgan fingerprint density at radius 3 is 2.75 bits per heavy atom. The summed E-state index contributed by atoms with van der Waals surface area (Å²) in [5.41, 5.74) is 4.90. The molecule has 0 atom stereocenters. The molecule has 0 bridgehead atoms. The van der Waals surface area contributed by atoms with Crippen molar-refractivity contribution in [2.24, 2.45) is 7.05 Å². The number of hydrogen-bond acceptors (Lipinski definition) is 5. The maximum Gasteiger partial charge on any atom is 0.268 e. The molecule has 1 aliphatic carbocycles. The highest BCUT2D eigenvalue weighted by atomic mass is 16.1. The molecule has 0 unspecified atom stereocenters. The molecule has 3 heterocycles. The molecule has 4 rings (SSSR count). The van der Waals surface area contributed by atoms with Gasteiger partial charge >= 0.3 is 0 Å². The molecule has 1 N–H and O–H groups in total. The highest BCUT2D eigenvalue weighted by Crippen LogP contribution is 2.23. The number of fused-ring (bicyclic) bond motifs is 1. The van der Waals surface area contributed by atoms with Gasteiger partial charge in [-0.15, -0.1) is 0 Å². The Bertz CT molecular complexity index is 772. The molecule has 0 aromatic carbocycles. The van der Waals surface area contributed by atoms with Crippen molar-refractivity contribution in [3.63, 3.8) is 0 Å². The lowest BCUT2D eigenvalue weighted by molar-refractivity contribution is 0.246. The zero-order chi connectivity index (χ0) is 16.5. The van der Waals surface area contributed by atoms with Crippen LogP contribution >= 0.6 is 0 Å². The van der Waals surface area contributed by atoms with Gasteiger partial charge in [-0.3, -0.25) is 14.8 Å². The SMILES string of the molecule is Cn1ncc(N2CCN(Cc3n[nH]c4c3CCCC4)CC2)cc1=O. The topological polar surface area (TPSA) is 70.1 Å². The van der Waals surface area contributed by atoms with E-state index in [1.54, 1.807) is 19.3 Å². The lowest BCUT2D eigenvalue weighted by Gasteiger charge is -2.35. The van der Waals surface area contributed by atoms with Crippen molar-refractivity contribution in [2.75, 3.05) is 31.1 Å². The first-order valence-electron chi connectivity index (χ1n) is 8.76. The lowest BCUT2D eigenvalue weighted by Crippen LogP contribution is -2.46. The highest BCUT2D eigenvalue weighted by Gasteiger charge is 2.22. The van der Waals surface area contributed by atoms with Crippen LogP contribution in [0.2, 0.25) is 0 Å². The molecule has 7 nitrogen and oxygen atoms in total. The van der Waals surface area contributed by atoms with Crippen LogP contribution in [-0.4, -0.2) is 51.1 Å². The Balaban J connectivity index is 1.38. The molecule has 1 fully saturated rings. The number of aromatic amines is 1. The van der Waals surface area contributed by atoms with Gasteiger partial charge in [-0.05, 0) is 31.2 Å². The third kappa shape index (κ3) is 2.96. The van der Waals surface area contributed by atoms with E-state index in [-0.39, 0.29) is 5.56 Å². The summed E-state index contributed by atoms with van der Waals surface area (Å²) in [6.45, 7) is 4.73. The number of nitrogens with zero attached hydrogens (tertiary/aromatic N) is 5. The first-order chi connectivity index (χ1) is 11.7. The molecular formula is C17H24N6O. The Labute approximate surface area is 141 Å². The van der Waals surface area contributed by atoms with Gasteiger partial charge < -0.3 is 4.90 Å². The maximum atomic E-state index is 11.7. The first-order valence-corrected chi connectivity index (χ1v) is 8.76. The fraction of sp³-hybridized carbons (Fsp3) is 0.588. The second kappa shape index (κ2) is 6.39. The second-order valence-electron chi connectivity index (χ2n) is 6.77. The van der Waals surface area contributed by atoms with E-state index in [9.17, 15) is 4.79 Å². The maximum absolute atomic E-state index is 11.7. The number of anilines is 1. The molecule has 1 saturated heterocycles. The van der Waals surface area contributed by atoms with E-state index < -0.39 is 0 Å². The van der Waals surface area contributed by atoms with E-state index in [0.29, 0.717) is 0 Å². The zero-order valence-corrected chi connectivity index (χ0v) is 14.2. The molecule has 128 valence electrons. The molecule has 2 aromatic heterocycles. The van der Waals surface area contributed by atoms with E-state index in [2.05, 4.69) is 25.1 Å². The summed E-state index contributed by atoms with van der Waals surface area (Å²) < 4.78 is 1.36. The predicted octanol–water partition coefficient (Wildman–Crippen LogP) is 0.704. The molecule has 0 radical (unpaired) electrons. The smallest absolute Gasteiger partial charge is 0.268 e. The van der Waals surface area contributed by atoms with Crippen LogP contribution in [0.5, 0.6) is 0 Å². The molecule has 7 heteroatoms. The molecule has 0 spiro atoms. The van der Waals surface area contributed by atoms with Crippen LogP contribution in [0.25, 0.3) is 0 Å². The van der Waals surface area contributed by atoms with Crippen molar-refractivity contribution < 1.29 is 0 Å². The second-order valence-corrected chi connectivity index (χ2v) is 6.77. The van der Waals surface area contributed by atoms with E-state index in [1.165, 1.54) is 40.9 Å². The van der Waals surface area contributed by atoms with Gasteiger partial charge in [0.2, 0.25) is 0 Å². The van der Waals surface area contributed by atoms with Gasteiger partial charge in [0.15, 0.2) is 0 Å². The molecule has 1 aliphatic heterocycles. The van der Waals surface area contributed by atoms with Gasteiger partial charge in [-0.2, -0.15) is 10.2 Å². The Kier molecular flexibility index (Phi) is 4.10. The molecule has 2 aromatic rings. The molecule has 24 heavy (non-hydrogen) atoms. The van der Waals surface area contributed by atoms with Crippen LogP contribution < -0.4 is 10.5 Å². The summed E-state index contributed by atoms with van der Waals surface area (Å²) in [4.78, 5) is 16.4. The average Bonchev–Trinajstić information content (AvgIpc) is 3.01. The molecule has 0 saturated carbocycles. The van der Waals surface area contributed by atoms with E-state index >= 15 is 0 Å². The summed E-state index contributed by atoms with van der Waals surface area (Å²) in [6, 6.07) is 1.67. The lowest BCUT2D eigenvalue weighted by atomic mass is 9.96. The number of aryl methyl sites for hydroxylation is 2. The van der Waals surface area contributed by atoms with Gasteiger partial charge in [-0.25, -0.2) is 4.68 Å². The third-order valence-corrected chi connectivity index (χ3v) is 5.21. The van der Waals surface area contributed by atoms with Crippen molar-refractivity contribution >= 4 is 5.69 Å². The third-order valence-electron chi connectivity index (χ3n) is 5.21. The Hall–Kier alpha value is -2.15. The summed E-state index contributed by atoms with van der Waals surface area (Å²) >= 11 is 0. The fourth-order valence-electron chi connectivity index (χ4n) is 3.69. The minimum atomic E-state index is -0.0573. The Morgan fingerprint density at radius 1 is 1.17 bits per heavy atom. The first kappa shape index (κ1) is 15.4. The summed E-state index contributed by atoms with van der Waals surface area (Å²) in [5, 5.41) is 11.9. The van der Waals surface area contributed by atoms with Gasteiger partial charge in [-0.1, -0.05) is 0 Å². The normalized spacial score (nSPS) is 18.6. The van der Waals surface area contributed by atoms with Crippen molar-refractivity contribution in [2.45, 2.75) is 32.2 Å². The fourth-order valence-corrected chi connectivity index (χ4v) is 3.69. The van der Waals surface area contributed by atoms with Crippen LogP contribution in [-0.2, 0) is 26.4 Å². The Morgan fingerprint density at radius 2 is 1.96 bits per heavy atom. The molecule has 0 amide bonds. The van der Waals surface area contributed by atoms with Gasteiger partial charge in [0, 0.05) is 51.5 Å². The van der Waals surface area contributed by atoms with Crippen LogP contribution in [0, 0.1) is 0 Å². The van der Waals surface area contributed by atoms with Crippen molar-refractivity contribution in [1.82, 2.24) is 24.9 Å². The van der Waals surface area contributed by atoms with Crippen molar-refractivity contribution in [3.8, 4) is 0 Å². The monoisotopic (exact) mass is 328 g/mol. The van der Waals surface area contributed by atoms with Crippen LogP contribution in [0.1, 0.15) is 29.8 Å². The number of aromatic nitrogens is 4. The minimum absolute atomic E-state index is 0.0573. The number of H-pyrrole nitrogens is 1. The standard InChI is InChI=1S/C17H24N6O/c1-21-17(24)10-13(11-18-21)23-8-6-22(7-9-23)12-16-14-4-2-3-5-15(14)19-20-16/h10-11H,2-9,12H2,1H3,(H,19,20). The van der Waals surface area contributed by atoms with Gasteiger partial charge in [0.25, 0.3) is 5.56 Å².